The second-order valence-corrected chi connectivity index (χ2v) is 10.5. The van der Waals surface area contributed by atoms with Crippen LogP contribution in [0.15, 0.2) is 12.3 Å². The molecule has 1 aromatic rings. The second-order valence-electron chi connectivity index (χ2n) is 10.5. The molecule has 2 heterocycles. The lowest BCUT2D eigenvalue weighted by atomic mass is 9.75. The average Bonchev–Trinajstić information content (AvgIpc) is 3.33. The molecule has 1 N–H and O–H groups in total. The van der Waals surface area contributed by atoms with E-state index in [0.717, 1.165) is 96.6 Å². The van der Waals surface area contributed by atoms with E-state index in [4.69, 9.17) is 24.0 Å². The number of hydrogen-bond donors (Lipinski definition) is 1. The molecule has 0 saturated carbocycles. The molecule has 1 aromatic heterocycles. The van der Waals surface area contributed by atoms with Crippen molar-refractivity contribution in [2.45, 2.75) is 78.0 Å². The summed E-state index contributed by atoms with van der Waals surface area (Å²) >= 11 is 0. The Labute approximate surface area is 222 Å². The average molecular weight is 521 g/mol. The SMILES string of the molecule is CCCOCC1(COCCC)CC=C(c2nn(C3CCCCO3)cc2CN(C)CCOC(=O)NC)CC1. The number of carbonyl (C=O) groups is 1. The number of allylic oxidation sites excluding steroid dienone is 2. The van der Waals surface area contributed by atoms with Gasteiger partial charge in [0.2, 0.25) is 0 Å². The predicted molar refractivity (Wildman–Crippen MR) is 144 cm³/mol. The first-order valence-corrected chi connectivity index (χ1v) is 14.1. The summed E-state index contributed by atoms with van der Waals surface area (Å²) in [5.74, 6) is 0. The Morgan fingerprint density at radius 2 is 1.97 bits per heavy atom. The number of carbonyl (C=O) groups excluding carboxylic acids is 1. The van der Waals surface area contributed by atoms with Crippen molar-refractivity contribution in [3.05, 3.63) is 23.5 Å². The summed E-state index contributed by atoms with van der Waals surface area (Å²) in [5.41, 5.74) is 3.56. The molecule has 1 atom stereocenters. The highest BCUT2D eigenvalue weighted by Crippen LogP contribution is 2.40. The van der Waals surface area contributed by atoms with Crippen LogP contribution >= 0.6 is 0 Å². The lowest BCUT2D eigenvalue weighted by molar-refractivity contribution is -0.0396. The highest BCUT2D eigenvalue weighted by molar-refractivity contribution is 5.67. The molecule has 1 aliphatic heterocycles. The summed E-state index contributed by atoms with van der Waals surface area (Å²) < 4.78 is 25.3. The van der Waals surface area contributed by atoms with Gasteiger partial charge >= 0.3 is 6.09 Å². The predicted octanol–water partition coefficient (Wildman–Crippen LogP) is 4.78. The van der Waals surface area contributed by atoms with Gasteiger partial charge < -0.3 is 24.3 Å². The van der Waals surface area contributed by atoms with Gasteiger partial charge in [-0.15, -0.1) is 0 Å². The van der Waals surface area contributed by atoms with E-state index in [2.05, 4.69) is 36.3 Å². The number of aromatic nitrogens is 2. The van der Waals surface area contributed by atoms with Crippen molar-refractivity contribution in [2.24, 2.45) is 5.41 Å². The Hall–Kier alpha value is -1.94. The number of hydrogen-bond acceptors (Lipinski definition) is 7. The summed E-state index contributed by atoms with van der Waals surface area (Å²) in [7, 11) is 3.61. The first kappa shape index (κ1) is 29.6. The minimum Gasteiger partial charge on any atom is -0.448 e. The van der Waals surface area contributed by atoms with Crippen molar-refractivity contribution >= 4 is 11.7 Å². The third kappa shape index (κ3) is 9.09. The molecule has 0 aromatic carbocycles. The van der Waals surface area contributed by atoms with Gasteiger partial charge in [-0.3, -0.25) is 4.90 Å². The van der Waals surface area contributed by atoms with Crippen LogP contribution in [-0.2, 0) is 25.5 Å². The molecule has 1 saturated heterocycles. The molecular weight excluding hydrogens is 472 g/mol. The van der Waals surface area contributed by atoms with Crippen LogP contribution in [0, 0.1) is 5.41 Å². The fraction of sp³-hybridized carbons (Fsp3) is 0.786. The highest BCUT2D eigenvalue weighted by atomic mass is 16.5. The standard InChI is InChI=1S/C28H48N4O5/c1-5-15-34-21-28(22-35-16-6-2)12-10-23(11-13-28)26-24(19-31(4)14-18-37-27(33)29-3)20-32(30-26)25-9-7-8-17-36-25/h10,20,25H,5-9,11-19,21-22H2,1-4H3,(H,29,33). The molecule has 210 valence electrons. The van der Waals surface area contributed by atoms with E-state index in [-0.39, 0.29) is 11.6 Å². The van der Waals surface area contributed by atoms with E-state index >= 15 is 0 Å². The number of rotatable bonds is 15. The van der Waals surface area contributed by atoms with Crippen LogP contribution in [0.3, 0.4) is 0 Å². The topological polar surface area (TPSA) is 87.1 Å². The van der Waals surface area contributed by atoms with Crippen LogP contribution in [0.5, 0.6) is 0 Å². The molecule has 9 nitrogen and oxygen atoms in total. The molecule has 3 rings (SSSR count). The minimum atomic E-state index is -0.405. The zero-order valence-electron chi connectivity index (χ0n) is 23.4. The molecule has 1 unspecified atom stereocenters. The van der Waals surface area contributed by atoms with Crippen LogP contribution in [0.2, 0.25) is 0 Å². The summed E-state index contributed by atoms with van der Waals surface area (Å²) in [4.78, 5) is 13.6. The zero-order chi connectivity index (χ0) is 26.5. The Bertz CT molecular complexity index is 840. The Morgan fingerprint density at radius 3 is 2.57 bits per heavy atom. The first-order chi connectivity index (χ1) is 18.0. The molecule has 0 spiro atoms. The van der Waals surface area contributed by atoms with Crippen molar-refractivity contribution in [3.8, 4) is 0 Å². The van der Waals surface area contributed by atoms with Crippen LogP contribution in [0.4, 0.5) is 4.79 Å². The van der Waals surface area contributed by atoms with E-state index in [1.807, 2.05) is 11.7 Å². The number of likely N-dealkylation sites (N-methyl/N-ethyl adjacent to an activating group) is 1. The maximum absolute atomic E-state index is 11.4. The minimum absolute atomic E-state index is 0.00342. The van der Waals surface area contributed by atoms with Crippen molar-refractivity contribution in [2.75, 3.05) is 60.3 Å². The third-order valence-electron chi connectivity index (χ3n) is 7.13. The number of amides is 1. The maximum Gasteiger partial charge on any atom is 0.406 e. The fourth-order valence-corrected chi connectivity index (χ4v) is 4.96. The fourth-order valence-electron chi connectivity index (χ4n) is 4.96. The van der Waals surface area contributed by atoms with Crippen molar-refractivity contribution in [1.29, 1.82) is 0 Å². The molecule has 37 heavy (non-hydrogen) atoms. The van der Waals surface area contributed by atoms with E-state index < -0.39 is 6.09 Å². The summed E-state index contributed by atoms with van der Waals surface area (Å²) in [6, 6.07) is 0. The zero-order valence-corrected chi connectivity index (χ0v) is 23.4. The number of nitrogens with zero attached hydrogens (tertiary/aromatic N) is 3. The van der Waals surface area contributed by atoms with Crippen molar-refractivity contribution in [3.63, 3.8) is 0 Å². The largest absolute Gasteiger partial charge is 0.448 e. The van der Waals surface area contributed by atoms with Gasteiger partial charge in [0.05, 0.1) is 18.9 Å². The van der Waals surface area contributed by atoms with Gasteiger partial charge in [0.1, 0.15) is 12.8 Å². The summed E-state index contributed by atoms with van der Waals surface area (Å²) in [6.45, 7) is 9.84. The van der Waals surface area contributed by atoms with Gasteiger partial charge in [-0.2, -0.15) is 5.10 Å². The van der Waals surface area contributed by atoms with E-state index in [1.165, 1.54) is 11.1 Å². The lowest BCUT2D eigenvalue weighted by Crippen LogP contribution is -2.34. The van der Waals surface area contributed by atoms with Crippen molar-refractivity contribution < 1.29 is 23.7 Å². The Kier molecular flexibility index (Phi) is 12.4. The van der Waals surface area contributed by atoms with Gasteiger partial charge in [-0.25, -0.2) is 9.48 Å². The summed E-state index contributed by atoms with van der Waals surface area (Å²) in [5, 5.41) is 7.56. The van der Waals surface area contributed by atoms with Crippen LogP contribution in [0.1, 0.15) is 82.7 Å². The Balaban J connectivity index is 1.75. The van der Waals surface area contributed by atoms with E-state index in [0.29, 0.717) is 13.2 Å². The molecule has 1 amide bonds. The van der Waals surface area contributed by atoms with Gasteiger partial charge in [-0.1, -0.05) is 19.9 Å². The molecule has 0 radical (unpaired) electrons. The van der Waals surface area contributed by atoms with Crippen LogP contribution in [0.25, 0.3) is 5.57 Å². The van der Waals surface area contributed by atoms with E-state index in [1.54, 1.807) is 7.05 Å². The first-order valence-electron chi connectivity index (χ1n) is 14.1. The Morgan fingerprint density at radius 1 is 1.22 bits per heavy atom. The third-order valence-corrected chi connectivity index (χ3v) is 7.13. The normalized spacial score (nSPS) is 19.6. The molecule has 1 fully saturated rings. The number of alkyl carbamates (subject to hydrolysis) is 1. The number of nitrogens with one attached hydrogen (secondary N) is 1. The molecule has 2 aliphatic rings. The molecule has 0 bridgehead atoms. The molecule has 1 aliphatic carbocycles. The van der Waals surface area contributed by atoms with Gasteiger partial charge in [0.25, 0.3) is 0 Å². The van der Waals surface area contributed by atoms with Gasteiger partial charge in [0.15, 0.2) is 0 Å². The lowest BCUT2D eigenvalue weighted by Gasteiger charge is -2.36. The highest BCUT2D eigenvalue weighted by Gasteiger charge is 2.34. The maximum atomic E-state index is 11.4. The van der Waals surface area contributed by atoms with Gasteiger partial charge in [-0.05, 0) is 64.0 Å². The van der Waals surface area contributed by atoms with Crippen molar-refractivity contribution in [1.82, 2.24) is 20.0 Å². The van der Waals surface area contributed by atoms with Crippen LogP contribution in [-0.4, -0.2) is 81.1 Å². The number of ether oxygens (including phenoxy) is 4. The van der Waals surface area contributed by atoms with Gasteiger partial charge in [0, 0.05) is 57.1 Å². The molecular formula is C28H48N4O5. The smallest absolute Gasteiger partial charge is 0.406 e. The van der Waals surface area contributed by atoms with Crippen LogP contribution < -0.4 is 5.32 Å². The second kappa shape index (κ2) is 15.5. The monoisotopic (exact) mass is 520 g/mol. The molecule has 9 heteroatoms. The quantitative estimate of drug-likeness (QED) is 0.333. The summed E-state index contributed by atoms with van der Waals surface area (Å²) in [6.07, 6.45) is 12.3. The van der Waals surface area contributed by atoms with E-state index in [9.17, 15) is 4.79 Å².